The van der Waals surface area contributed by atoms with Gasteiger partial charge in [-0.05, 0) is 56.5 Å². The fraction of sp³-hybridized carbons (Fsp3) is 0.529. The quantitative estimate of drug-likeness (QED) is 0.882. The molecule has 1 aromatic carbocycles. The molecule has 3 rings (SSSR count). The standard InChI is InChI=1S/C17H23N3O3/c1-2-22-15-7-5-14(6-8-15)17-18-16(23-19-17)11-20-9-3-4-13(10-20)12-21/h5-8,13,21H,2-4,9-12H2,1H3. The molecule has 6 nitrogen and oxygen atoms in total. The highest BCUT2D eigenvalue weighted by atomic mass is 16.5. The maximum atomic E-state index is 9.30. The third-order valence-electron chi connectivity index (χ3n) is 4.11. The van der Waals surface area contributed by atoms with Gasteiger partial charge in [0.25, 0.3) is 0 Å². The number of hydrogen-bond acceptors (Lipinski definition) is 6. The lowest BCUT2D eigenvalue weighted by Crippen LogP contribution is -2.36. The number of benzene rings is 1. The molecule has 124 valence electrons. The summed E-state index contributed by atoms with van der Waals surface area (Å²) in [6.07, 6.45) is 2.19. The van der Waals surface area contributed by atoms with Crippen LogP contribution in [0.15, 0.2) is 28.8 Å². The van der Waals surface area contributed by atoms with E-state index in [1.807, 2.05) is 31.2 Å². The second kappa shape index (κ2) is 7.57. The first-order valence-corrected chi connectivity index (χ1v) is 8.17. The van der Waals surface area contributed by atoms with Gasteiger partial charge >= 0.3 is 0 Å². The smallest absolute Gasteiger partial charge is 0.241 e. The second-order valence-corrected chi connectivity index (χ2v) is 5.90. The lowest BCUT2D eigenvalue weighted by atomic mass is 9.99. The van der Waals surface area contributed by atoms with Gasteiger partial charge in [-0.15, -0.1) is 0 Å². The Balaban J connectivity index is 1.63. The number of aliphatic hydroxyl groups is 1. The van der Waals surface area contributed by atoms with Crippen molar-refractivity contribution in [1.29, 1.82) is 0 Å². The lowest BCUT2D eigenvalue weighted by Gasteiger charge is -2.30. The van der Waals surface area contributed by atoms with Crippen LogP contribution in [0.2, 0.25) is 0 Å². The molecular weight excluding hydrogens is 294 g/mol. The van der Waals surface area contributed by atoms with Crippen LogP contribution in [0.1, 0.15) is 25.7 Å². The predicted molar refractivity (Wildman–Crippen MR) is 86.0 cm³/mol. The highest BCUT2D eigenvalue weighted by Gasteiger charge is 2.21. The monoisotopic (exact) mass is 317 g/mol. The van der Waals surface area contributed by atoms with Gasteiger partial charge in [-0.1, -0.05) is 5.16 Å². The fourth-order valence-electron chi connectivity index (χ4n) is 2.94. The second-order valence-electron chi connectivity index (χ2n) is 5.90. The van der Waals surface area contributed by atoms with Gasteiger partial charge in [0.1, 0.15) is 5.75 Å². The number of aromatic nitrogens is 2. The molecule has 2 aromatic rings. The molecule has 1 unspecified atom stereocenters. The molecule has 1 aliphatic rings. The SMILES string of the molecule is CCOc1ccc(-c2noc(CN3CCCC(CO)C3)n2)cc1. The Morgan fingerprint density at radius 1 is 1.35 bits per heavy atom. The molecule has 2 heterocycles. The number of ether oxygens (including phenoxy) is 1. The van der Waals surface area contributed by atoms with Crippen LogP contribution in [0.25, 0.3) is 11.4 Å². The molecule has 1 fully saturated rings. The van der Waals surface area contributed by atoms with E-state index >= 15 is 0 Å². The van der Waals surface area contributed by atoms with Crippen molar-refractivity contribution in [2.75, 3.05) is 26.3 Å². The summed E-state index contributed by atoms with van der Waals surface area (Å²) in [5, 5.41) is 13.4. The van der Waals surface area contributed by atoms with E-state index in [1.54, 1.807) is 0 Å². The molecule has 23 heavy (non-hydrogen) atoms. The van der Waals surface area contributed by atoms with E-state index in [4.69, 9.17) is 9.26 Å². The largest absolute Gasteiger partial charge is 0.494 e. The minimum atomic E-state index is 0.248. The van der Waals surface area contributed by atoms with Gasteiger partial charge < -0.3 is 14.4 Å². The molecule has 1 N–H and O–H groups in total. The minimum Gasteiger partial charge on any atom is -0.494 e. The summed E-state index contributed by atoms with van der Waals surface area (Å²) in [5.41, 5.74) is 0.912. The average Bonchev–Trinajstić information content (AvgIpc) is 3.04. The van der Waals surface area contributed by atoms with E-state index in [9.17, 15) is 5.11 Å². The third kappa shape index (κ3) is 4.09. The van der Waals surface area contributed by atoms with Crippen LogP contribution in [0, 0.1) is 5.92 Å². The van der Waals surface area contributed by atoms with Crippen molar-refractivity contribution in [2.24, 2.45) is 5.92 Å². The fourth-order valence-corrected chi connectivity index (χ4v) is 2.94. The Hall–Kier alpha value is -1.92. The number of likely N-dealkylation sites (tertiary alicyclic amines) is 1. The summed E-state index contributed by atoms with van der Waals surface area (Å²) in [4.78, 5) is 6.74. The summed E-state index contributed by atoms with van der Waals surface area (Å²) in [7, 11) is 0. The van der Waals surface area contributed by atoms with E-state index in [0.717, 1.165) is 37.2 Å². The zero-order chi connectivity index (χ0) is 16.1. The van der Waals surface area contributed by atoms with Crippen LogP contribution < -0.4 is 4.74 Å². The molecule has 0 radical (unpaired) electrons. The van der Waals surface area contributed by atoms with Crippen LogP contribution in [-0.2, 0) is 6.54 Å². The Morgan fingerprint density at radius 3 is 2.91 bits per heavy atom. The van der Waals surface area contributed by atoms with E-state index in [-0.39, 0.29) is 6.61 Å². The lowest BCUT2D eigenvalue weighted by molar-refractivity contribution is 0.107. The summed E-state index contributed by atoms with van der Waals surface area (Å²) in [6, 6.07) is 7.68. The van der Waals surface area contributed by atoms with E-state index < -0.39 is 0 Å². The van der Waals surface area contributed by atoms with Gasteiger partial charge in [0.2, 0.25) is 11.7 Å². The molecule has 1 saturated heterocycles. The van der Waals surface area contributed by atoms with Crippen LogP contribution in [0.4, 0.5) is 0 Å². The molecule has 0 amide bonds. The van der Waals surface area contributed by atoms with E-state index in [0.29, 0.717) is 30.8 Å². The first-order chi connectivity index (χ1) is 11.3. The van der Waals surface area contributed by atoms with Gasteiger partial charge in [0.15, 0.2) is 0 Å². The van der Waals surface area contributed by atoms with Gasteiger partial charge in [-0.25, -0.2) is 0 Å². The molecule has 0 bridgehead atoms. The number of nitrogens with zero attached hydrogens (tertiary/aromatic N) is 3. The van der Waals surface area contributed by atoms with Crippen molar-refractivity contribution in [1.82, 2.24) is 15.0 Å². The first kappa shape index (κ1) is 16.0. The Morgan fingerprint density at radius 2 is 2.17 bits per heavy atom. The maximum Gasteiger partial charge on any atom is 0.241 e. The predicted octanol–water partition coefficient (Wildman–Crippen LogP) is 2.34. The van der Waals surface area contributed by atoms with Crippen LogP contribution >= 0.6 is 0 Å². The summed E-state index contributed by atoms with van der Waals surface area (Å²) in [5.74, 6) is 2.41. The highest BCUT2D eigenvalue weighted by Crippen LogP contribution is 2.21. The number of piperidine rings is 1. The zero-order valence-corrected chi connectivity index (χ0v) is 13.4. The molecule has 0 saturated carbocycles. The average molecular weight is 317 g/mol. The summed E-state index contributed by atoms with van der Waals surface area (Å²) < 4.78 is 10.8. The molecule has 1 atom stereocenters. The molecule has 1 aliphatic heterocycles. The third-order valence-corrected chi connectivity index (χ3v) is 4.11. The summed E-state index contributed by atoms with van der Waals surface area (Å²) >= 11 is 0. The van der Waals surface area contributed by atoms with Gasteiger partial charge in [-0.2, -0.15) is 4.98 Å². The number of hydrogen-bond donors (Lipinski definition) is 1. The topological polar surface area (TPSA) is 71.6 Å². The van der Waals surface area contributed by atoms with Gasteiger partial charge in [0.05, 0.1) is 13.2 Å². The highest BCUT2D eigenvalue weighted by molar-refractivity contribution is 5.55. The maximum absolute atomic E-state index is 9.30. The molecular formula is C17H23N3O3. The van der Waals surface area contributed by atoms with Gasteiger partial charge in [-0.3, -0.25) is 4.90 Å². The number of aliphatic hydroxyl groups excluding tert-OH is 1. The number of rotatable bonds is 6. The van der Waals surface area contributed by atoms with E-state index in [1.165, 1.54) is 0 Å². The first-order valence-electron chi connectivity index (χ1n) is 8.17. The Bertz CT molecular complexity index is 612. The molecule has 6 heteroatoms. The Labute approximate surface area is 136 Å². The Kier molecular flexibility index (Phi) is 5.25. The van der Waals surface area contributed by atoms with Crippen molar-refractivity contribution < 1.29 is 14.4 Å². The molecule has 0 spiro atoms. The van der Waals surface area contributed by atoms with Crippen molar-refractivity contribution in [3.63, 3.8) is 0 Å². The van der Waals surface area contributed by atoms with Gasteiger partial charge in [0, 0.05) is 18.7 Å². The van der Waals surface area contributed by atoms with Crippen molar-refractivity contribution in [3.8, 4) is 17.1 Å². The van der Waals surface area contributed by atoms with Crippen LogP contribution in [0.5, 0.6) is 5.75 Å². The molecule has 0 aliphatic carbocycles. The van der Waals surface area contributed by atoms with Crippen molar-refractivity contribution >= 4 is 0 Å². The molecule has 1 aromatic heterocycles. The summed E-state index contributed by atoms with van der Waals surface area (Å²) in [6.45, 7) is 5.39. The van der Waals surface area contributed by atoms with Crippen molar-refractivity contribution in [3.05, 3.63) is 30.2 Å². The van der Waals surface area contributed by atoms with Crippen LogP contribution in [-0.4, -0.2) is 46.5 Å². The van der Waals surface area contributed by atoms with Crippen molar-refractivity contribution in [2.45, 2.75) is 26.3 Å². The van der Waals surface area contributed by atoms with Crippen LogP contribution in [0.3, 0.4) is 0 Å². The van der Waals surface area contributed by atoms with E-state index in [2.05, 4.69) is 15.0 Å². The normalized spacial score (nSPS) is 19.0. The minimum absolute atomic E-state index is 0.248. The zero-order valence-electron chi connectivity index (χ0n) is 13.4.